The number of hydrogen-bond donors (Lipinski definition) is 1. The highest BCUT2D eigenvalue weighted by Crippen LogP contribution is 2.28. The van der Waals surface area contributed by atoms with Gasteiger partial charge in [0.1, 0.15) is 5.75 Å². The summed E-state index contributed by atoms with van der Waals surface area (Å²) in [7, 11) is 0. The van der Waals surface area contributed by atoms with E-state index in [1.165, 1.54) is 11.1 Å². The van der Waals surface area contributed by atoms with Crippen LogP contribution in [0.4, 0.5) is 5.69 Å². The van der Waals surface area contributed by atoms with Gasteiger partial charge < -0.3 is 10.1 Å². The van der Waals surface area contributed by atoms with E-state index in [-0.39, 0.29) is 6.04 Å². The van der Waals surface area contributed by atoms with Crippen LogP contribution in [0.3, 0.4) is 0 Å². The van der Waals surface area contributed by atoms with Gasteiger partial charge in [-0.3, -0.25) is 0 Å². The Labute approximate surface area is 121 Å². The van der Waals surface area contributed by atoms with Crippen LogP contribution in [0.2, 0.25) is 0 Å². The molecule has 106 valence electrons. The van der Waals surface area contributed by atoms with Crippen molar-refractivity contribution < 1.29 is 4.74 Å². The van der Waals surface area contributed by atoms with Gasteiger partial charge in [-0.2, -0.15) is 0 Å². The molecule has 0 radical (unpaired) electrons. The molecule has 0 fully saturated rings. The third-order valence-electron chi connectivity index (χ3n) is 3.30. The topological polar surface area (TPSA) is 21.3 Å². The van der Waals surface area contributed by atoms with E-state index in [9.17, 15) is 0 Å². The Bertz CT molecular complexity index is 533. The fraction of sp³-hybridized carbons (Fsp3) is 0.333. The van der Waals surface area contributed by atoms with Gasteiger partial charge >= 0.3 is 0 Å². The third-order valence-corrected chi connectivity index (χ3v) is 3.30. The van der Waals surface area contributed by atoms with E-state index >= 15 is 0 Å². The molecule has 0 heterocycles. The SMILES string of the molecule is CCCOc1ccccc1NC(C)c1ccc(C)cc1. The molecule has 0 aromatic heterocycles. The second-order valence-corrected chi connectivity index (χ2v) is 5.12. The minimum atomic E-state index is 0.252. The first kappa shape index (κ1) is 14.4. The van der Waals surface area contributed by atoms with Crippen LogP contribution in [0.1, 0.15) is 37.4 Å². The van der Waals surface area contributed by atoms with Gasteiger partial charge in [-0.25, -0.2) is 0 Å². The molecule has 0 bridgehead atoms. The molecule has 0 aliphatic carbocycles. The summed E-state index contributed by atoms with van der Waals surface area (Å²) in [5.41, 5.74) is 3.61. The van der Waals surface area contributed by atoms with Gasteiger partial charge in [0.25, 0.3) is 0 Å². The van der Waals surface area contributed by atoms with E-state index in [1.54, 1.807) is 0 Å². The van der Waals surface area contributed by atoms with E-state index in [0.717, 1.165) is 24.5 Å². The highest BCUT2D eigenvalue weighted by molar-refractivity contribution is 5.57. The van der Waals surface area contributed by atoms with E-state index in [1.807, 2.05) is 18.2 Å². The van der Waals surface area contributed by atoms with Crippen LogP contribution >= 0.6 is 0 Å². The average molecular weight is 269 g/mol. The van der Waals surface area contributed by atoms with Gasteiger partial charge in [-0.15, -0.1) is 0 Å². The molecule has 0 saturated heterocycles. The lowest BCUT2D eigenvalue weighted by Gasteiger charge is -2.18. The first-order chi connectivity index (χ1) is 9.70. The second kappa shape index (κ2) is 6.99. The van der Waals surface area contributed by atoms with Crippen molar-refractivity contribution in [3.63, 3.8) is 0 Å². The predicted octanol–water partition coefficient (Wildman–Crippen LogP) is 4.96. The summed E-state index contributed by atoms with van der Waals surface area (Å²) in [6, 6.07) is 17.0. The molecule has 2 aromatic carbocycles. The van der Waals surface area contributed by atoms with Crippen molar-refractivity contribution in [1.29, 1.82) is 0 Å². The Morgan fingerprint density at radius 2 is 1.75 bits per heavy atom. The molecule has 0 saturated carbocycles. The molecule has 2 rings (SSSR count). The fourth-order valence-electron chi connectivity index (χ4n) is 2.10. The van der Waals surface area contributed by atoms with E-state index in [2.05, 4.69) is 56.4 Å². The molecule has 0 aliphatic rings. The lowest BCUT2D eigenvalue weighted by molar-refractivity contribution is 0.318. The Kier molecular flexibility index (Phi) is 5.05. The highest BCUT2D eigenvalue weighted by atomic mass is 16.5. The van der Waals surface area contributed by atoms with Crippen LogP contribution in [0.15, 0.2) is 48.5 Å². The van der Waals surface area contributed by atoms with Crippen molar-refractivity contribution in [2.45, 2.75) is 33.2 Å². The third kappa shape index (κ3) is 3.77. The number of nitrogens with one attached hydrogen (secondary N) is 1. The number of rotatable bonds is 6. The van der Waals surface area contributed by atoms with Gasteiger partial charge in [0.05, 0.1) is 12.3 Å². The molecule has 2 nitrogen and oxygen atoms in total. The zero-order valence-electron chi connectivity index (χ0n) is 12.5. The van der Waals surface area contributed by atoms with Crippen LogP contribution in [-0.2, 0) is 0 Å². The zero-order valence-corrected chi connectivity index (χ0v) is 12.5. The normalized spacial score (nSPS) is 11.9. The van der Waals surface area contributed by atoms with Gasteiger partial charge in [0, 0.05) is 6.04 Å². The first-order valence-electron chi connectivity index (χ1n) is 7.25. The van der Waals surface area contributed by atoms with Gasteiger partial charge in [-0.1, -0.05) is 48.9 Å². The van der Waals surface area contributed by atoms with Crippen LogP contribution in [0.25, 0.3) is 0 Å². The Morgan fingerprint density at radius 1 is 1.05 bits per heavy atom. The van der Waals surface area contributed by atoms with Gasteiger partial charge in [0.15, 0.2) is 0 Å². The smallest absolute Gasteiger partial charge is 0.142 e. The highest BCUT2D eigenvalue weighted by Gasteiger charge is 2.08. The molecule has 0 amide bonds. The standard InChI is InChI=1S/C18H23NO/c1-4-13-20-18-8-6-5-7-17(18)19-15(3)16-11-9-14(2)10-12-16/h5-12,15,19H,4,13H2,1-3H3. The maximum atomic E-state index is 5.78. The fourth-order valence-corrected chi connectivity index (χ4v) is 2.10. The molecule has 2 heteroatoms. The summed E-state index contributed by atoms with van der Waals surface area (Å²) in [5, 5.41) is 3.53. The van der Waals surface area contributed by atoms with E-state index in [0.29, 0.717) is 0 Å². The first-order valence-corrected chi connectivity index (χ1v) is 7.25. The molecule has 20 heavy (non-hydrogen) atoms. The van der Waals surface area contributed by atoms with Gasteiger partial charge in [-0.05, 0) is 38.0 Å². The Balaban J connectivity index is 2.10. The molecule has 2 aromatic rings. The lowest BCUT2D eigenvalue weighted by Crippen LogP contribution is -2.08. The molecule has 0 aliphatic heterocycles. The van der Waals surface area contributed by atoms with Crippen molar-refractivity contribution in [2.24, 2.45) is 0 Å². The summed E-state index contributed by atoms with van der Waals surface area (Å²) in [6.45, 7) is 7.14. The molecule has 1 unspecified atom stereocenters. The maximum Gasteiger partial charge on any atom is 0.142 e. The summed E-state index contributed by atoms with van der Waals surface area (Å²) in [4.78, 5) is 0. The second-order valence-electron chi connectivity index (χ2n) is 5.12. The lowest BCUT2D eigenvalue weighted by atomic mass is 10.1. The quantitative estimate of drug-likeness (QED) is 0.800. The number of para-hydroxylation sites is 2. The molecule has 0 spiro atoms. The minimum Gasteiger partial charge on any atom is -0.491 e. The van der Waals surface area contributed by atoms with E-state index in [4.69, 9.17) is 4.74 Å². The minimum absolute atomic E-state index is 0.252. The predicted molar refractivity (Wildman–Crippen MR) is 85.4 cm³/mol. The van der Waals surface area contributed by atoms with E-state index < -0.39 is 0 Å². The van der Waals surface area contributed by atoms with Crippen molar-refractivity contribution in [3.8, 4) is 5.75 Å². The number of benzene rings is 2. The van der Waals surface area contributed by atoms with Crippen molar-refractivity contribution >= 4 is 5.69 Å². The Morgan fingerprint density at radius 3 is 2.45 bits per heavy atom. The zero-order chi connectivity index (χ0) is 14.4. The summed E-state index contributed by atoms with van der Waals surface area (Å²) < 4.78 is 5.78. The van der Waals surface area contributed by atoms with Crippen LogP contribution in [0.5, 0.6) is 5.75 Å². The van der Waals surface area contributed by atoms with Crippen LogP contribution < -0.4 is 10.1 Å². The Hall–Kier alpha value is -1.96. The average Bonchev–Trinajstić information content (AvgIpc) is 2.47. The summed E-state index contributed by atoms with van der Waals surface area (Å²) in [6.07, 6.45) is 1.02. The number of ether oxygens (including phenoxy) is 1. The van der Waals surface area contributed by atoms with Crippen molar-refractivity contribution in [1.82, 2.24) is 0 Å². The molecule has 1 atom stereocenters. The molecule has 1 N–H and O–H groups in total. The van der Waals surface area contributed by atoms with Gasteiger partial charge in [0.2, 0.25) is 0 Å². The number of anilines is 1. The molecular weight excluding hydrogens is 246 g/mol. The largest absolute Gasteiger partial charge is 0.491 e. The summed E-state index contributed by atoms with van der Waals surface area (Å²) >= 11 is 0. The van der Waals surface area contributed by atoms with Crippen LogP contribution in [-0.4, -0.2) is 6.61 Å². The van der Waals surface area contributed by atoms with Crippen molar-refractivity contribution in [3.05, 3.63) is 59.7 Å². The summed E-state index contributed by atoms with van der Waals surface area (Å²) in [5.74, 6) is 0.924. The monoisotopic (exact) mass is 269 g/mol. The molecular formula is C18H23NO. The van der Waals surface area contributed by atoms with Crippen molar-refractivity contribution in [2.75, 3.05) is 11.9 Å². The van der Waals surface area contributed by atoms with Crippen LogP contribution in [0, 0.1) is 6.92 Å². The maximum absolute atomic E-state index is 5.78. The number of hydrogen-bond acceptors (Lipinski definition) is 2. The number of aryl methyl sites for hydroxylation is 1.